The van der Waals surface area contributed by atoms with E-state index in [9.17, 15) is 4.79 Å². The van der Waals surface area contributed by atoms with Crippen LogP contribution in [0.15, 0.2) is 42.7 Å². The Labute approximate surface area is 162 Å². The van der Waals surface area contributed by atoms with E-state index in [0.717, 1.165) is 28.1 Å². The maximum atomic E-state index is 12.5. The Balaban J connectivity index is 1.39. The van der Waals surface area contributed by atoms with Crippen molar-refractivity contribution in [3.05, 3.63) is 65.5 Å². The van der Waals surface area contributed by atoms with Crippen molar-refractivity contribution in [1.82, 2.24) is 34.8 Å². The molecule has 1 aromatic carbocycles. The van der Waals surface area contributed by atoms with Crippen LogP contribution < -0.4 is 5.32 Å². The van der Waals surface area contributed by atoms with Gasteiger partial charge >= 0.3 is 0 Å². The summed E-state index contributed by atoms with van der Waals surface area (Å²) in [6, 6.07) is 11.8. The van der Waals surface area contributed by atoms with Crippen LogP contribution in [0.1, 0.15) is 40.5 Å². The van der Waals surface area contributed by atoms with Gasteiger partial charge in [-0.15, -0.1) is 0 Å². The number of nitrogens with one attached hydrogen (secondary N) is 2. The number of H-pyrrole nitrogens is 1. The first kappa shape index (κ1) is 18.0. The van der Waals surface area contributed by atoms with Gasteiger partial charge in [0.25, 0.3) is 5.91 Å². The SMILES string of the molecule is Cc1cc(C)n(C(C)CNC(=O)c2cc(Cn3cnc4ccccc43)[nH]n2)n1. The summed E-state index contributed by atoms with van der Waals surface area (Å²) < 4.78 is 3.95. The molecule has 4 rings (SSSR count). The molecule has 8 nitrogen and oxygen atoms in total. The molecule has 0 saturated carbocycles. The average molecular weight is 377 g/mol. The van der Waals surface area contributed by atoms with Gasteiger partial charge < -0.3 is 9.88 Å². The number of carbonyl (C=O) groups excluding carboxylic acids is 1. The van der Waals surface area contributed by atoms with Crippen LogP contribution >= 0.6 is 0 Å². The van der Waals surface area contributed by atoms with Crippen molar-refractivity contribution >= 4 is 16.9 Å². The molecule has 1 amide bonds. The summed E-state index contributed by atoms with van der Waals surface area (Å²) in [5.74, 6) is -0.202. The Morgan fingerprint density at radius 1 is 1.25 bits per heavy atom. The number of aromatic amines is 1. The van der Waals surface area contributed by atoms with E-state index in [1.54, 1.807) is 12.4 Å². The van der Waals surface area contributed by atoms with E-state index in [-0.39, 0.29) is 11.9 Å². The maximum Gasteiger partial charge on any atom is 0.271 e. The highest BCUT2D eigenvalue weighted by molar-refractivity contribution is 5.92. The first-order valence-electron chi connectivity index (χ1n) is 9.26. The van der Waals surface area contributed by atoms with Crippen LogP contribution in [0.3, 0.4) is 0 Å². The number of rotatable bonds is 6. The Morgan fingerprint density at radius 3 is 2.86 bits per heavy atom. The number of para-hydroxylation sites is 2. The van der Waals surface area contributed by atoms with Crippen molar-refractivity contribution in [3.8, 4) is 0 Å². The van der Waals surface area contributed by atoms with E-state index in [4.69, 9.17) is 0 Å². The van der Waals surface area contributed by atoms with Crippen LogP contribution in [0, 0.1) is 13.8 Å². The molecule has 0 radical (unpaired) electrons. The molecule has 3 heterocycles. The molecule has 2 N–H and O–H groups in total. The van der Waals surface area contributed by atoms with Crippen molar-refractivity contribution in [3.63, 3.8) is 0 Å². The Morgan fingerprint density at radius 2 is 2.07 bits per heavy atom. The highest BCUT2D eigenvalue weighted by Crippen LogP contribution is 2.14. The van der Waals surface area contributed by atoms with Gasteiger partial charge in [0.15, 0.2) is 0 Å². The molecule has 3 aromatic heterocycles. The van der Waals surface area contributed by atoms with Gasteiger partial charge in [0.1, 0.15) is 5.69 Å². The standard InChI is InChI=1S/C20H23N7O/c1-13-8-14(2)27(25-13)15(3)10-21-20(28)18-9-16(23-24-18)11-26-12-22-17-6-4-5-7-19(17)26/h4-9,12,15H,10-11H2,1-3H3,(H,21,28)(H,23,24). The minimum Gasteiger partial charge on any atom is -0.349 e. The molecule has 0 aliphatic heterocycles. The predicted molar refractivity (Wildman–Crippen MR) is 106 cm³/mol. The number of fused-ring (bicyclic) bond motifs is 1. The van der Waals surface area contributed by atoms with Crippen LogP contribution in [-0.4, -0.2) is 42.0 Å². The van der Waals surface area contributed by atoms with Gasteiger partial charge in [-0.1, -0.05) is 12.1 Å². The highest BCUT2D eigenvalue weighted by atomic mass is 16.1. The summed E-state index contributed by atoms with van der Waals surface area (Å²) in [6.07, 6.45) is 1.79. The molecule has 1 unspecified atom stereocenters. The van der Waals surface area contributed by atoms with Crippen LogP contribution in [0.25, 0.3) is 11.0 Å². The number of aryl methyl sites for hydroxylation is 2. The molecule has 1 atom stereocenters. The Hall–Kier alpha value is -3.42. The lowest BCUT2D eigenvalue weighted by molar-refractivity contribution is 0.0942. The monoisotopic (exact) mass is 377 g/mol. The van der Waals surface area contributed by atoms with Crippen LogP contribution in [0.2, 0.25) is 0 Å². The molecule has 0 spiro atoms. The molecule has 144 valence electrons. The molecule has 0 bridgehead atoms. The number of amides is 1. The van der Waals surface area contributed by atoms with Gasteiger partial charge in [-0.25, -0.2) is 4.98 Å². The van der Waals surface area contributed by atoms with Gasteiger partial charge in [-0.05, 0) is 45.0 Å². The lowest BCUT2D eigenvalue weighted by Crippen LogP contribution is -2.30. The molecule has 0 saturated heterocycles. The minimum absolute atomic E-state index is 0.0633. The van der Waals surface area contributed by atoms with Gasteiger partial charge in [-0.2, -0.15) is 10.2 Å². The fourth-order valence-electron chi connectivity index (χ4n) is 3.39. The molecule has 4 aromatic rings. The van der Waals surface area contributed by atoms with Gasteiger partial charge in [-0.3, -0.25) is 14.6 Å². The second-order valence-electron chi connectivity index (χ2n) is 7.07. The van der Waals surface area contributed by atoms with Gasteiger partial charge in [0, 0.05) is 12.2 Å². The number of benzene rings is 1. The highest BCUT2D eigenvalue weighted by Gasteiger charge is 2.14. The van der Waals surface area contributed by atoms with Gasteiger partial charge in [0.05, 0.1) is 41.3 Å². The molecule has 8 heteroatoms. The third-order valence-electron chi connectivity index (χ3n) is 4.75. The fourth-order valence-corrected chi connectivity index (χ4v) is 3.39. The van der Waals surface area contributed by atoms with E-state index in [2.05, 4.69) is 25.6 Å². The first-order chi connectivity index (χ1) is 13.5. The zero-order valence-corrected chi connectivity index (χ0v) is 16.2. The molecular weight excluding hydrogens is 354 g/mol. The predicted octanol–water partition coefficient (Wildman–Crippen LogP) is 2.61. The smallest absolute Gasteiger partial charge is 0.271 e. The van der Waals surface area contributed by atoms with Crippen molar-refractivity contribution in [2.75, 3.05) is 6.54 Å². The quantitative estimate of drug-likeness (QED) is 0.540. The first-order valence-corrected chi connectivity index (χ1v) is 9.26. The maximum absolute atomic E-state index is 12.5. The zero-order valence-electron chi connectivity index (χ0n) is 16.2. The van der Waals surface area contributed by atoms with E-state index in [1.807, 2.05) is 60.4 Å². The number of imidazole rings is 1. The Bertz CT molecular complexity index is 1120. The average Bonchev–Trinajstić information content (AvgIpc) is 3.39. The van der Waals surface area contributed by atoms with Crippen molar-refractivity contribution in [1.29, 1.82) is 0 Å². The largest absolute Gasteiger partial charge is 0.349 e. The topological polar surface area (TPSA) is 93.4 Å². The fraction of sp³-hybridized carbons (Fsp3) is 0.300. The van der Waals surface area contributed by atoms with Crippen LogP contribution in [-0.2, 0) is 6.54 Å². The van der Waals surface area contributed by atoms with Crippen molar-refractivity contribution < 1.29 is 4.79 Å². The number of hydrogen-bond acceptors (Lipinski definition) is 4. The summed E-state index contributed by atoms with van der Waals surface area (Å²) in [7, 11) is 0. The molecule has 0 aliphatic rings. The lowest BCUT2D eigenvalue weighted by atomic mass is 10.3. The second kappa shape index (κ2) is 7.30. The van der Waals surface area contributed by atoms with E-state index >= 15 is 0 Å². The molecule has 0 aliphatic carbocycles. The number of hydrogen-bond donors (Lipinski definition) is 2. The summed E-state index contributed by atoms with van der Waals surface area (Å²) in [5.41, 5.74) is 5.26. The second-order valence-corrected chi connectivity index (χ2v) is 7.07. The molecule has 28 heavy (non-hydrogen) atoms. The minimum atomic E-state index is -0.202. The van der Waals surface area contributed by atoms with E-state index in [0.29, 0.717) is 18.8 Å². The number of nitrogens with zero attached hydrogens (tertiary/aromatic N) is 5. The van der Waals surface area contributed by atoms with Crippen LogP contribution in [0.4, 0.5) is 0 Å². The Kier molecular flexibility index (Phi) is 4.68. The summed E-state index contributed by atoms with van der Waals surface area (Å²) in [6.45, 7) is 7.06. The summed E-state index contributed by atoms with van der Waals surface area (Å²) in [4.78, 5) is 16.8. The number of aromatic nitrogens is 6. The normalized spacial score (nSPS) is 12.4. The van der Waals surface area contributed by atoms with E-state index < -0.39 is 0 Å². The zero-order chi connectivity index (χ0) is 19.7. The van der Waals surface area contributed by atoms with E-state index in [1.165, 1.54) is 0 Å². The molecular formula is C20H23N7O. The lowest BCUT2D eigenvalue weighted by Gasteiger charge is -2.14. The third-order valence-corrected chi connectivity index (χ3v) is 4.75. The van der Waals surface area contributed by atoms with Crippen LogP contribution in [0.5, 0.6) is 0 Å². The van der Waals surface area contributed by atoms with Crippen molar-refractivity contribution in [2.45, 2.75) is 33.4 Å². The summed E-state index contributed by atoms with van der Waals surface area (Å²) >= 11 is 0. The third kappa shape index (κ3) is 3.53. The van der Waals surface area contributed by atoms with Crippen molar-refractivity contribution in [2.24, 2.45) is 0 Å². The summed E-state index contributed by atoms with van der Waals surface area (Å²) in [5, 5.41) is 14.5. The molecule has 0 fully saturated rings. The van der Waals surface area contributed by atoms with Gasteiger partial charge in [0.2, 0.25) is 0 Å². The number of carbonyl (C=O) groups is 1.